The highest BCUT2D eigenvalue weighted by Crippen LogP contribution is 2.40. The van der Waals surface area contributed by atoms with Crippen molar-refractivity contribution in [1.29, 1.82) is 0 Å². The van der Waals surface area contributed by atoms with Crippen LogP contribution in [0.2, 0.25) is 0 Å². The monoisotopic (exact) mass is 547 g/mol. The molecule has 1 N–H and O–H groups in total. The van der Waals surface area contributed by atoms with Gasteiger partial charge in [-0.05, 0) is 48.1 Å². The molecular formula is C34H33N3O4. The topological polar surface area (TPSA) is 74.2 Å². The van der Waals surface area contributed by atoms with E-state index < -0.39 is 0 Å². The Bertz CT molecular complexity index is 1590. The maximum absolute atomic E-state index is 6.03. The zero-order chi connectivity index (χ0) is 28.6. The number of anilines is 1. The van der Waals surface area contributed by atoms with Crippen LogP contribution in [0.5, 0.6) is 23.0 Å². The SMILES string of the molecule is CCOc1ccc2c(Cc3cc(OC)c(OC)c(OC)c3)cncc2c1NN=C(c1ccccc1)c1ccccc1. The smallest absolute Gasteiger partial charge is 0.203 e. The third-order valence-corrected chi connectivity index (χ3v) is 6.78. The summed E-state index contributed by atoms with van der Waals surface area (Å²) in [7, 11) is 4.84. The highest BCUT2D eigenvalue weighted by Gasteiger charge is 2.17. The summed E-state index contributed by atoms with van der Waals surface area (Å²) in [5, 5.41) is 6.86. The van der Waals surface area contributed by atoms with Gasteiger partial charge in [0.2, 0.25) is 5.75 Å². The van der Waals surface area contributed by atoms with Crippen molar-refractivity contribution in [3.63, 3.8) is 0 Å². The molecule has 0 amide bonds. The molecule has 7 heteroatoms. The number of hydrogen-bond acceptors (Lipinski definition) is 7. The van der Waals surface area contributed by atoms with Crippen LogP contribution in [0.4, 0.5) is 5.69 Å². The van der Waals surface area contributed by atoms with Crippen LogP contribution in [0.25, 0.3) is 10.8 Å². The Morgan fingerprint density at radius 2 is 1.37 bits per heavy atom. The van der Waals surface area contributed by atoms with Gasteiger partial charge in [0.25, 0.3) is 0 Å². The number of pyridine rings is 1. The van der Waals surface area contributed by atoms with Gasteiger partial charge >= 0.3 is 0 Å². The van der Waals surface area contributed by atoms with Crippen molar-refractivity contribution < 1.29 is 18.9 Å². The first-order valence-corrected chi connectivity index (χ1v) is 13.4. The van der Waals surface area contributed by atoms with Gasteiger partial charge in [0.1, 0.15) is 11.4 Å². The number of hydrogen-bond donors (Lipinski definition) is 1. The minimum absolute atomic E-state index is 0.521. The highest BCUT2D eigenvalue weighted by molar-refractivity contribution is 6.13. The number of fused-ring (bicyclic) bond motifs is 1. The van der Waals surface area contributed by atoms with Gasteiger partial charge in [-0.25, -0.2) is 0 Å². The fourth-order valence-electron chi connectivity index (χ4n) is 4.87. The Labute approximate surface area is 240 Å². The maximum atomic E-state index is 6.03. The molecule has 0 atom stereocenters. The molecule has 0 radical (unpaired) electrons. The molecule has 7 nitrogen and oxygen atoms in total. The quantitative estimate of drug-likeness (QED) is 0.140. The first-order chi connectivity index (χ1) is 20.2. The normalized spacial score (nSPS) is 10.6. The van der Waals surface area contributed by atoms with Gasteiger partial charge in [-0.2, -0.15) is 5.10 Å². The summed E-state index contributed by atoms with van der Waals surface area (Å²) in [5.41, 5.74) is 8.99. The molecular weight excluding hydrogens is 514 g/mol. The zero-order valence-corrected chi connectivity index (χ0v) is 23.7. The van der Waals surface area contributed by atoms with E-state index in [2.05, 4.69) is 40.7 Å². The summed E-state index contributed by atoms with van der Waals surface area (Å²) < 4.78 is 22.7. The minimum atomic E-state index is 0.521. The molecule has 0 unspecified atom stereocenters. The molecule has 5 rings (SSSR count). The molecule has 1 aromatic heterocycles. The zero-order valence-electron chi connectivity index (χ0n) is 23.7. The van der Waals surface area contributed by atoms with Crippen LogP contribution in [0.3, 0.4) is 0 Å². The van der Waals surface area contributed by atoms with E-state index in [-0.39, 0.29) is 0 Å². The number of benzene rings is 4. The lowest BCUT2D eigenvalue weighted by Crippen LogP contribution is -2.07. The van der Waals surface area contributed by atoms with E-state index in [0.717, 1.165) is 44.4 Å². The van der Waals surface area contributed by atoms with E-state index in [1.807, 2.05) is 73.9 Å². The molecule has 0 aliphatic rings. The van der Waals surface area contributed by atoms with Gasteiger partial charge < -0.3 is 18.9 Å². The summed E-state index contributed by atoms with van der Waals surface area (Å²) in [5.74, 6) is 2.49. The molecule has 0 saturated carbocycles. The number of hydrazone groups is 1. The lowest BCUT2D eigenvalue weighted by molar-refractivity contribution is 0.324. The summed E-state index contributed by atoms with van der Waals surface area (Å²) in [4.78, 5) is 4.60. The van der Waals surface area contributed by atoms with Crippen LogP contribution in [0, 0.1) is 0 Å². The first kappa shape index (κ1) is 27.5. The van der Waals surface area contributed by atoms with Gasteiger partial charge in [-0.1, -0.05) is 66.7 Å². The van der Waals surface area contributed by atoms with E-state index in [0.29, 0.717) is 36.0 Å². The van der Waals surface area contributed by atoms with E-state index in [1.54, 1.807) is 21.3 Å². The lowest BCUT2D eigenvalue weighted by Gasteiger charge is -2.17. The molecule has 1 heterocycles. The van der Waals surface area contributed by atoms with Crippen molar-refractivity contribution in [2.75, 3.05) is 33.4 Å². The number of methoxy groups -OCH3 is 3. The number of nitrogens with one attached hydrogen (secondary N) is 1. The Kier molecular flexibility index (Phi) is 8.64. The molecule has 41 heavy (non-hydrogen) atoms. The number of ether oxygens (including phenoxy) is 4. The molecule has 0 spiro atoms. The first-order valence-electron chi connectivity index (χ1n) is 13.4. The van der Waals surface area contributed by atoms with Crippen molar-refractivity contribution in [1.82, 2.24) is 4.98 Å². The van der Waals surface area contributed by atoms with Crippen molar-refractivity contribution in [3.05, 3.63) is 120 Å². The standard InChI is InChI=1S/C34H33N3O4/c1-5-41-29-17-16-27-26(18-23-19-30(38-2)34(40-4)31(20-23)39-3)21-35-22-28(27)33(29)37-36-32(24-12-8-6-9-13-24)25-14-10-7-11-15-25/h6-17,19-22,37H,5,18H2,1-4H3. The second kappa shape index (κ2) is 12.9. The molecule has 208 valence electrons. The molecule has 0 aliphatic carbocycles. The van der Waals surface area contributed by atoms with Gasteiger partial charge in [0, 0.05) is 28.9 Å². The fraction of sp³-hybridized carbons (Fsp3) is 0.176. The van der Waals surface area contributed by atoms with E-state index in [9.17, 15) is 0 Å². The predicted molar refractivity (Wildman–Crippen MR) is 164 cm³/mol. The molecule has 0 saturated heterocycles. The maximum Gasteiger partial charge on any atom is 0.203 e. The largest absolute Gasteiger partial charge is 0.493 e. The van der Waals surface area contributed by atoms with Crippen molar-refractivity contribution in [2.24, 2.45) is 5.10 Å². The Morgan fingerprint density at radius 3 is 1.93 bits per heavy atom. The Morgan fingerprint density at radius 1 is 0.732 bits per heavy atom. The second-order valence-electron chi connectivity index (χ2n) is 9.28. The second-order valence-corrected chi connectivity index (χ2v) is 9.28. The summed E-state index contributed by atoms with van der Waals surface area (Å²) >= 11 is 0. The number of aromatic nitrogens is 1. The lowest BCUT2D eigenvalue weighted by atomic mass is 9.99. The van der Waals surface area contributed by atoms with Crippen LogP contribution in [-0.2, 0) is 6.42 Å². The predicted octanol–water partition coefficient (Wildman–Crippen LogP) is 7.11. The number of rotatable bonds is 11. The third kappa shape index (κ3) is 5.94. The minimum Gasteiger partial charge on any atom is -0.493 e. The van der Waals surface area contributed by atoms with Crippen LogP contribution in [-0.4, -0.2) is 38.6 Å². The Balaban J connectivity index is 1.59. The Hall–Kier alpha value is -5.04. The summed E-state index contributed by atoms with van der Waals surface area (Å²) in [6.07, 6.45) is 4.34. The van der Waals surface area contributed by atoms with Gasteiger partial charge in [0.15, 0.2) is 11.5 Å². The molecule has 4 aromatic carbocycles. The average Bonchev–Trinajstić information content (AvgIpc) is 3.02. The summed E-state index contributed by atoms with van der Waals surface area (Å²) in [6.45, 7) is 2.49. The molecule has 0 bridgehead atoms. The molecule has 0 aliphatic heterocycles. The fourth-order valence-corrected chi connectivity index (χ4v) is 4.87. The van der Waals surface area contributed by atoms with Crippen LogP contribution in [0.1, 0.15) is 29.2 Å². The van der Waals surface area contributed by atoms with E-state index in [4.69, 9.17) is 24.0 Å². The van der Waals surface area contributed by atoms with Crippen molar-refractivity contribution in [3.8, 4) is 23.0 Å². The van der Waals surface area contributed by atoms with Crippen molar-refractivity contribution >= 4 is 22.2 Å². The highest BCUT2D eigenvalue weighted by atomic mass is 16.5. The number of nitrogens with zero attached hydrogens (tertiary/aromatic N) is 2. The van der Waals surface area contributed by atoms with Crippen LogP contribution in [0.15, 0.2) is 102 Å². The van der Waals surface area contributed by atoms with Crippen LogP contribution < -0.4 is 24.4 Å². The van der Waals surface area contributed by atoms with Gasteiger partial charge in [0.05, 0.1) is 33.6 Å². The third-order valence-electron chi connectivity index (χ3n) is 6.78. The summed E-state index contributed by atoms with van der Waals surface area (Å²) in [6, 6.07) is 28.2. The van der Waals surface area contributed by atoms with Crippen LogP contribution >= 0.6 is 0 Å². The van der Waals surface area contributed by atoms with E-state index >= 15 is 0 Å². The van der Waals surface area contributed by atoms with Crippen molar-refractivity contribution in [2.45, 2.75) is 13.3 Å². The average molecular weight is 548 g/mol. The molecule has 5 aromatic rings. The van der Waals surface area contributed by atoms with Gasteiger partial charge in [-0.15, -0.1) is 0 Å². The van der Waals surface area contributed by atoms with E-state index in [1.165, 1.54) is 0 Å². The van der Waals surface area contributed by atoms with Gasteiger partial charge in [-0.3, -0.25) is 10.4 Å². The molecule has 0 fully saturated rings.